The van der Waals surface area contributed by atoms with Crippen molar-refractivity contribution in [2.75, 3.05) is 124 Å². The van der Waals surface area contributed by atoms with Gasteiger partial charge in [0, 0.05) is 25.2 Å². The normalized spacial score (nSPS) is 12.3. The second kappa shape index (κ2) is 35.7. The molecule has 7 N–H and O–H groups in total. The highest BCUT2D eigenvalue weighted by Crippen LogP contribution is 2.12. The van der Waals surface area contributed by atoms with Gasteiger partial charge in [0.1, 0.15) is 12.1 Å². The van der Waals surface area contributed by atoms with E-state index in [9.17, 15) is 19.2 Å². The molecule has 1 aromatic carbocycles. The summed E-state index contributed by atoms with van der Waals surface area (Å²) < 4.78 is 43.7. The lowest BCUT2D eigenvalue weighted by Gasteiger charge is -2.25. The number of hydrogen-bond donors (Lipinski definition) is 6. The van der Waals surface area contributed by atoms with Crippen LogP contribution in [0, 0.1) is 5.92 Å². The molecule has 0 saturated heterocycles. The number of ether oxygens (including phenoxy) is 8. The van der Waals surface area contributed by atoms with E-state index in [1.165, 1.54) is 0 Å². The fourth-order valence-corrected chi connectivity index (χ4v) is 4.86. The van der Waals surface area contributed by atoms with Gasteiger partial charge in [-0.15, -0.1) is 0 Å². The maximum atomic E-state index is 13.3. The SMILES string of the molecule is BNCCOCCOCCOCCOCCOCCOCCOCCOCCC(=O)NC(C(=O)N[C@@H](CCCNC(N)=O)C(=O)Nc1ccc(CC)cc1)C(C)C. The van der Waals surface area contributed by atoms with Gasteiger partial charge in [0.25, 0.3) is 0 Å². The topological polar surface area (TPSA) is 228 Å². The first-order chi connectivity index (χ1) is 27.7. The third-order valence-electron chi connectivity index (χ3n) is 8.07. The summed E-state index contributed by atoms with van der Waals surface area (Å²) in [5, 5.41) is 13.9. The highest BCUT2D eigenvalue weighted by molar-refractivity contribution is 6.04. The fraction of sp³-hybridized carbons (Fsp3) is 0.737. The summed E-state index contributed by atoms with van der Waals surface area (Å²) >= 11 is 0. The van der Waals surface area contributed by atoms with Crippen molar-refractivity contribution < 1.29 is 57.1 Å². The number of nitrogens with one attached hydrogen (secondary N) is 5. The Kier molecular flexibility index (Phi) is 32.4. The Hall–Kier alpha value is -3.40. The summed E-state index contributed by atoms with van der Waals surface area (Å²) in [6.07, 6.45) is 1.53. The molecule has 0 radical (unpaired) electrons. The number of carbonyl (C=O) groups is 4. The number of benzene rings is 1. The highest BCUT2D eigenvalue weighted by Gasteiger charge is 2.28. The Labute approximate surface area is 339 Å². The maximum absolute atomic E-state index is 13.3. The van der Waals surface area contributed by atoms with Crippen LogP contribution in [0.15, 0.2) is 24.3 Å². The van der Waals surface area contributed by atoms with Crippen LogP contribution in [0.5, 0.6) is 0 Å². The fourth-order valence-electron chi connectivity index (χ4n) is 4.86. The van der Waals surface area contributed by atoms with Crippen molar-refractivity contribution in [3.05, 3.63) is 29.8 Å². The van der Waals surface area contributed by atoms with E-state index in [1.807, 2.05) is 27.0 Å². The molecular weight excluding hydrogens is 743 g/mol. The average molecular weight is 813 g/mol. The number of hydrogen-bond acceptors (Lipinski definition) is 13. The molecule has 5 amide bonds. The molecule has 1 unspecified atom stereocenters. The van der Waals surface area contributed by atoms with Crippen molar-refractivity contribution in [2.24, 2.45) is 11.7 Å². The van der Waals surface area contributed by atoms with E-state index in [-0.39, 0.29) is 37.8 Å². The van der Waals surface area contributed by atoms with E-state index in [4.69, 9.17) is 43.6 Å². The lowest BCUT2D eigenvalue weighted by atomic mass is 10.0. The van der Waals surface area contributed by atoms with Crippen molar-refractivity contribution in [1.82, 2.24) is 21.2 Å². The Morgan fingerprint density at radius 1 is 0.632 bits per heavy atom. The molecule has 326 valence electrons. The number of rotatable bonds is 38. The monoisotopic (exact) mass is 813 g/mol. The number of primary amides is 1. The summed E-state index contributed by atoms with van der Waals surface area (Å²) in [7, 11) is 1.88. The molecule has 1 rings (SSSR count). The van der Waals surface area contributed by atoms with Gasteiger partial charge in [-0.25, -0.2) is 4.79 Å². The van der Waals surface area contributed by atoms with E-state index in [0.29, 0.717) is 111 Å². The van der Waals surface area contributed by atoms with Crippen molar-refractivity contribution in [2.45, 2.75) is 58.5 Å². The van der Waals surface area contributed by atoms with Crippen LogP contribution in [0.25, 0.3) is 0 Å². The standard InChI is InChI=1S/C38H69BN6O12/c1-4-31-7-9-32(10-8-31)43-36(47)33(6-5-12-41-38(40)49)44-37(48)35(30(2)3)45-34(46)11-14-50-16-18-52-20-22-54-24-26-56-28-29-57-27-25-55-23-21-53-19-17-51-15-13-42-39/h7-10,30,33,35,42H,4-6,11-29,39H2,1-3H3,(H,43,47)(H,44,48)(H,45,46)(H3,40,41,49)/t33-,35?/m0/s1. The van der Waals surface area contributed by atoms with Crippen LogP contribution in [-0.2, 0) is 58.7 Å². The molecule has 0 bridgehead atoms. The number of urea groups is 1. The van der Waals surface area contributed by atoms with Crippen LogP contribution < -0.4 is 32.2 Å². The van der Waals surface area contributed by atoms with Gasteiger partial charge in [0.2, 0.25) is 17.7 Å². The molecule has 0 heterocycles. The molecule has 2 atom stereocenters. The third-order valence-corrected chi connectivity index (χ3v) is 8.07. The number of anilines is 1. The molecule has 0 spiro atoms. The predicted octanol–water partition coefficient (Wildman–Crippen LogP) is -0.0778. The van der Waals surface area contributed by atoms with Crippen LogP contribution in [-0.4, -0.2) is 163 Å². The molecule has 18 nitrogen and oxygen atoms in total. The summed E-state index contributed by atoms with van der Waals surface area (Å²) in [5.74, 6) is -1.53. The summed E-state index contributed by atoms with van der Waals surface area (Å²) in [6.45, 7) is 13.9. The summed E-state index contributed by atoms with van der Waals surface area (Å²) in [5.41, 5.74) is 6.86. The van der Waals surface area contributed by atoms with Gasteiger partial charge in [0.05, 0.1) is 106 Å². The lowest BCUT2D eigenvalue weighted by molar-refractivity contribution is -0.132. The second-order valence-electron chi connectivity index (χ2n) is 13.1. The number of nitrogens with two attached hydrogens (primary N) is 1. The Balaban J connectivity index is 2.14. The Bertz CT molecular complexity index is 1190. The van der Waals surface area contributed by atoms with E-state index in [1.54, 1.807) is 26.0 Å². The minimum atomic E-state index is -0.915. The van der Waals surface area contributed by atoms with Gasteiger partial charge in [-0.05, 0) is 42.9 Å². The number of carbonyl (C=O) groups excluding carboxylic acids is 4. The van der Waals surface area contributed by atoms with Gasteiger partial charge in [0.15, 0.2) is 7.98 Å². The summed E-state index contributed by atoms with van der Waals surface area (Å²) in [6, 6.07) is 4.96. The first-order valence-corrected chi connectivity index (χ1v) is 20.0. The zero-order valence-corrected chi connectivity index (χ0v) is 34.6. The van der Waals surface area contributed by atoms with Crippen LogP contribution >= 0.6 is 0 Å². The molecule has 19 heteroatoms. The quantitative estimate of drug-likeness (QED) is 0.0380. The van der Waals surface area contributed by atoms with Gasteiger partial charge in [-0.1, -0.05) is 32.9 Å². The van der Waals surface area contributed by atoms with Gasteiger partial charge >= 0.3 is 6.03 Å². The minimum absolute atomic E-state index is 0.0405. The first-order valence-electron chi connectivity index (χ1n) is 20.0. The van der Waals surface area contributed by atoms with Gasteiger partial charge in [-0.2, -0.15) is 0 Å². The largest absolute Gasteiger partial charge is 0.379 e. The van der Waals surface area contributed by atoms with Crippen molar-refractivity contribution in [3.8, 4) is 0 Å². The molecule has 1 aromatic rings. The molecule has 0 aromatic heterocycles. The second-order valence-corrected chi connectivity index (χ2v) is 13.1. The zero-order chi connectivity index (χ0) is 41.8. The molecule has 57 heavy (non-hydrogen) atoms. The summed E-state index contributed by atoms with van der Waals surface area (Å²) in [4.78, 5) is 50.3. The minimum Gasteiger partial charge on any atom is -0.379 e. The van der Waals surface area contributed by atoms with Gasteiger partial charge in [-0.3, -0.25) is 14.4 Å². The van der Waals surface area contributed by atoms with E-state index in [0.717, 1.165) is 18.5 Å². The third kappa shape index (κ3) is 29.5. The number of aryl methyl sites for hydroxylation is 1. The van der Waals surface area contributed by atoms with E-state index in [2.05, 4.69) is 26.5 Å². The van der Waals surface area contributed by atoms with Crippen molar-refractivity contribution >= 4 is 37.4 Å². The lowest BCUT2D eigenvalue weighted by Crippen LogP contribution is -2.54. The smallest absolute Gasteiger partial charge is 0.312 e. The average Bonchev–Trinajstić information content (AvgIpc) is 3.19. The Morgan fingerprint density at radius 2 is 1.09 bits per heavy atom. The zero-order valence-electron chi connectivity index (χ0n) is 34.6. The van der Waals surface area contributed by atoms with Gasteiger partial charge < -0.3 is 70.1 Å². The molecule has 0 fully saturated rings. The molecule has 0 aliphatic rings. The van der Waals surface area contributed by atoms with E-state index < -0.39 is 29.9 Å². The Morgan fingerprint density at radius 3 is 1.51 bits per heavy atom. The molecule has 0 saturated carbocycles. The highest BCUT2D eigenvalue weighted by atomic mass is 16.6. The van der Waals surface area contributed by atoms with Crippen LogP contribution in [0.3, 0.4) is 0 Å². The van der Waals surface area contributed by atoms with Crippen LogP contribution in [0.1, 0.15) is 45.6 Å². The van der Waals surface area contributed by atoms with Crippen molar-refractivity contribution in [1.29, 1.82) is 0 Å². The van der Waals surface area contributed by atoms with Crippen LogP contribution in [0.4, 0.5) is 10.5 Å². The molecular formula is C38H69BN6O12. The van der Waals surface area contributed by atoms with Crippen molar-refractivity contribution in [3.63, 3.8) is 0 Å². The first kappa shape index (κ1) is 51.6. The van der Waals surface area contributed by atoms with Crippen LogP contribution in [0.2, 0.25) is 0 Å². The molecule has 0 aliphatic carbocycles. The van der Waals surface area contributed by atoms with E-state index >= 15 is 0 Å². The molecule has 0 aliphatic heterocycles. The maximum Gasteiger partial charge on any atom is 0.312 e. The predicted molar refractivity (Wildman–Crippen MR) is 218 cm³/mol. The number of amides is 5.